The van der Waals surface area contributed by atoms with Crippen LogP contribution < -0.4 is 21.1 Å². The fourth-order valence-corrected chi connectivity index (χ4v) is 3.48. The van der Waals surface area contributed by atoms with E-state index in [0.717, 1.165) is 6.07 Å². The Morgan fingerprint density at radius 2 is 2.06 bits per heavy atom. The van der Waals surface area contributed by atoms with Crippen LogP contribution in [-0.2, 0) is 11.0 Å². The molecular formula is C19H17ClF4N6O2. The van der Waals surface area contributed by atoms with Crippen LogP contribution in [0.15, 0.2) is 41.7 Å². The van der Waals surface area contributed by atoms with Crippen molar-refractivity contribution in [1.29, 1.82) is 0 Å². The summed E-state index contributed by atoms with van der Waals surface area (Å²) in [5, 5.41) is 10.7. The van der Waals surface area contributed by atoms with Crippen molar-refractivity contribution in [2.24, 2.45) is 5.16 Å². The minimum Gasteiger partial charge on any atom is -0.390 e. The Morgan fingerprint density at radius 1 is 1.34 bits per heavy atom. The van der Waals surface area contributed by atoms with E-state index in [2.05, 4.69) is 26.2 Å². The standard InChI is InChI=1S/C19H17ClF4N6O2/c1-18(27-17(31)30(29-18)12-4-2-11(21)3-5-12)15-7-13(32-28-15)9-26-16-14(20)6-10(8-25-16)19(22,23)24/h2-6,8,13,29H,7,9H2,1H3,(H,25,26)(H,27,31). The maximum Gasteiger partial charge on any atom is 0.417 e. The highest BCUT2D eigenvalue weighted by molar-refractivity contribution is 6.33. The zero-order valence-corrected chi connectivity index (χ0v) is 17.3. The van der Waals surface area contributed by atoms with Gasteiger partial charge < -0.3 is 15.5 Å². The summed E-state index contributed by atoms with van der Waals surface area (Å²) in [5.41, 5.74) is 1.93. The van der Waals surface area contributed by atoms with Gasteiger partial charge in [0.05, 0.1) is 22.8 Å². The van der Waals surface area contributed by atoms with Crippen molar-refractivity contribution in [2.45, 2.75) is 31.3 Å². The topological polar surface area (TPSA) is 90.9 Å². The van der Waals surface area contributed by atoms with Crippen molar-refractivity contribution in [2.75, 3.05) is 16.9 Å². The third-order valence-corrected chi connectivity index (χ3v) is 5.24. The number of nitrogens with zero attached hydrogens (tertiary/aromatic N) is 3. The van der Waals surface area contributed by atoms with Gasteiger partial charge in [-0.3, -0.25) is 0 Å². The summed E-state index contributed by atoms with van der Waals surface area (Å²) >= 11 is 5.89. The van der Waals surface area contributed by atoms with Crippen LogP contribution in [0.25, 0.3) is 0 Å². The number of amides is 2. The highest BCUT2D eigenvalue weighted by Crippen LogP contribution is 2.32. The number of urea groups is 1. The van der Waals surface area contributed by atoms with Crippen LogP contribution in [0.4, 0.5) is 33.9 Å². The quantitative estimate of drug-likeness (QED) is 0.574. The van der Waals surface area contributed by atoms with E-state index >= 15 is 0 Å². The first-order valence-corrected chi connectivity index (χ1v) is 9.78. The molecule has 2 aliphatic rings. The van der Waals surface area contributed by atoms with Crippen molar-refractivity contribution in [3.63, 3.8) is 0 Å². The summed E-state index contributed by atoms with van der Waals surface area (Å²) in [7, 11) is 0. The molecule has 1 saturated heterocycles. The van der Waals surface area contributed by atoms with Crippen LogP contribution >= 0.6 is 11.6 Å². The molecule has 2 aromatic rings. The number of benzene rings is 1. The van der Waals surface area contributed by atoms with Crippen LogP contribution in [0.2, 0.25) is 5.02 Å². The van der Waals surface area contributed by atoms with E-state index < -0.39 is 35.4 Å². The molecule has 4 rings (SSSR count). The number of aromatic nitrogens is 1. The predicted octanol–water partition coefficient (Wildman–Crippen LogP) is 3.90. The van der Waals surface area contributed by atoms with Crippen molar-refractivity contribution in [3.05, 3.63) is 52.9 Å². The molecule has 3 heterocycles. The second-order valence-electron chi connectivity index (χ2n) is 7.38. The van der Waals surface area contributed by atoms with E-state index in [-0.39, 0.29) is 17.4 Å². The Balaban J connectivity index is 1.36. The van der Waals surface area contributed by atoms with Crippen LogP contribution in [0.5, 0.6) is 0 Å². The van der Waals surface area contributed by atoms with Gasteiger partial charge in [-0.25, -0.2) is 19.2 Å². The van der Waals surface area contributed by atoms with E-state index in [0.29, 0.717) is 24.0 Å². The molecule has 1 aromatic heterocycles. The molecule has 0 saturated carbocycles. The Morgan fingerprint density at radius 3 is 2.72 bits per heavy atom. The summed E-state index contributed by atoms with van der Waals surface area (Å²) in [5.74, 6) is -0.347. The molecule has 8 nitrogen and oxygen atoms in total. The molecule has 2 atom stereocenters. The molecule has 0 bridgehead atoms. The molecule has 2 unspecified atom stereocenters. The van der Waals surface area contributed by atoms with Crippen LogP contribution in [0.1, 0.15) is 18.9 Å². The lowest BCUT2D eigenvalue weighted by Crippen LogP contribution is -2.55. The number of anilines is 2. The van der Waals surface area contributed by atoms with Gasteiger partial charge in [-0.1, -0.05) is 16.8 Å². The van der Waals surface area contributed by atoms with Crippen molar-refractivity contribution < 1.29 is 27.2 Å². The summed E-state index contributed by atoms with van der Waals surface area (Å²) in [6.45, 7) is 1.86. The average Bonchev–Trinajstić information content (AvgIpc) is 3.32. The molecule has 3 N–H and O–H groups in total. The van der Waals surface area contributed by atoms with Gasteiger partial charge in [0.1, 0.15) is 29.1 Å². The second kappa shape index (κ2) is 8.10. The third kappa shape index (κ3) is 4.41. The monoisotopic (exact) mass is 472 g/mol. The van der Waals surface area contributed by atoms with Crippen molar-refractivity contribution >= 4 is 34.8 Å². The number of alkyl halides is 3. The first kappa shape index (κ1) is 22.1. The number of hydrogen-bond acceptors (Lipinski definition) is 6. The maximum absolute atomic E-state index is 13.2. The number of pyridine rings is 1. The Labute approximate surface area is 184 Å². The summed E-state index contributed by atoms with van der Waals surface area (Å²) in [6.07, 6.45) is -4.01. The lowest BCUT2D eigenvalue weighted by atomic mass is 10.0. The van der Waals surface area contributed by atoms with Gasteiger partial charge in [0.25, 0.3) is 0 Å². The van der Waals surface area contributed by atoms with Gasteiger partial charge in [-0.05, 0) is 37.3 Å². The fraction of sp³-hybridized carbons (Fsp3) is 0.316. The van der Waals surface area contributed by atoms with Gasteiger partial charge in [0, 0.05) is 12.6 Å². The van der Waals surface area contributed by atoms with Crippen molar-refractivity contribution in [1.82, 2.24) is 15.7 Å². The summed E-state index contributed by atoms with van der Waals surface area (Å²) in [6, 6.07) is 5.71. The Kier molecular flexibility index (Phi) is 5.59. The zero-order chi connectivity index (χ0) is 23.1. The SMILES string of the molecule is CC1(C2=NOC(CNc3ncc(C(F)(F)F)cc3Cl)C2)NC(=O)N(c2ccc(F)cc2)N1. The van der Waals surface area contributed by atoms with Gasteiger partial charge in [0.2, 0.25) is 0 Å². The zero-order valence-electron chi connectivity index (χ0n) is 16.5. The summed E-state index contributed by atoms with van der Waals surface area (Å²) in [4.78, 5) is 21.5. The van der Waals surface area contributed by atoms with Gasteiger partial charge in [0.15, 0.2) is 0 Å². The molecule has 2 amide bonds. The summed E-state index contributed by atoms with van der Waals surface area (Å²) < 4.78 is 51.3. The lowest BCUT2D eigenvalue weighted by Gasteiger charge is -2.24. The fourth-order valence-electron chi connectivity index (χ4n) is 3.25. The lowest BCUT2D eigenvalue weighted by molar-refractivity contribution is -0.137. The molecule has 1 fully saturated rings. The van der Waals surface area contributed by atoms with E-state index in [9.17, 15) is 22.4 Å². The molecule has 170 valence electrons. The Hall–Kier alpha value is -3.12. The van der Waals surface area contributed by atoms with E-state index in [1.165, 1.54) is 29.3 Å². The van der Waals surface area contributed by atoms with Crippen LogP contribution in [0.3, 0.4) is 0 Å². The van der Waals surface area contributed by atoms with Gasteiger partial charge in [-0.2, -0.15) is 18.6 Å². The third-order valence-electron chi connectivity index (χ3n) is 4.96. The number of hydrogen-bond donors (Lipinski definition) is 3. The predicted molar refractivity (Wildman–Crippen MR) is 109 cm³/mol. The largest absolute Gasteiger partial charge is 0.417 e. The molecule has 1 aromatic carbocycles. The number of carbonyl (C=O) groups is 1. The number of hydrazine groups is 1. The molecule has 32 heavy (non-hydrogen) atoms. The first-order chi connectivity index (χ1) is 15.0. The van der Waals surface area contributed by atoms with E-state index in [4.69, 9.17) is 16.4 Å². The molecule has 2 aliphatic heterocycles. The smallest absolute Gasteiger partial charge is 0.390 e. The first-order valence-electron chi connectivity index (χ1n) is 9.40. The normalized spacial score (nSPS) is 23.1. The van der Waals surface area contributed by atoms with Crippen molar-refractivity contribution in [3.8, 4) is 0 Å². The van der Waals surface area contributed by atoms with E-state index in [1.807, 2.05) is 0 Å². The van der Waals surface area contributed by atoms with Crippen LogP contribution in [-0.4, -0.2) is 35.0 Å². The minimum absolute atomic E-state index is 0.0812. The average molecular weight is 473 g/mol. The molecule has 0 spiro atoms. The van der Waals surface area contributed by atoms with E-state index in [1.54, 1.807) is 6.92 Å². The highest BCUT2D eigenvalue weighted by Gasteiger charge is 2.46. The minimum atomic E-state index is -4.54. The number of carbonyl (C=O) groups excluding carboxylic acids is 1. The second-order valence-corrected chi connectivity index (χ2v) is 7.79. The Bertz CT molecular complexity index is 1060. The number of oxime groups is 1. The number of rotatable bonds is 5. The van der Waals surface area contributed by atoms with Crippen LogP contribution in [0, 0.1) is 5.82 Å². The number of halogens is 5. The molecule has 0 radical (unpaired) electrons. The number of nitrogens with one attached hydrogen (secondary N) is 3. The molecular weight excluding hydrogens is 456 g/mol. The maximum atomic E-state index is 13.2. The highest BCUT2D eigenvalue weighted by atomic mass is 35.5. The molecule has 13 heteroatoms. The molecule has 0 aliphatic carbocycles. The van der Waals surface area contributed by atoms with Gasteiger partial charge in [-0.15, -0.1) is 0 Å². The van der Waals surface area contributed by atoms with Gasteiger partial charge >= 0.3 is 12.2 Å².